The van der Waals surface area contributed by atoms with Crippen LogP contribution in [-0.2, 0) is 4.79 Å². The maximum atomic E-state index is 12.7. The molecular formula is C18H15N3O5. The number of nitro groups is 1. The minimum Gasteiger partial charge on any atom is -0.500 e. The molecule has 0 bridgehead atoms. The van der Waals surface area contributed by atoms with Crippen molar-refractivity contribution in [3.8, 4) is 11.5 Å². The lowest BCUT2D eigenvalue weighted by molar-refractivity contribution is -0.386. The number of carbonyl (C=O) groups excluding carboxylic acids is 1. The summed E-state index contributed by atoms with van der Waals surface area (Å²) in [5, 5.41) is 26.5. The second-order valence-corrected chi connectivity index (χ2v) is 5.54. The molecule has 0 radical (unpaired) electrons. The molecule has 2 aromatic carbocycles. The molecule has 8 heteroatoms. The number of phenolic OH excluding ortho intramolecular Hbond substituents is 1. The van der Waals surface area contributed by atoms with Crippen molar-refractivity contribution in [2.75, 3.05) is 12.1 Å². The number of aromatic hydroxyl groups is 1. The van der Waals surface area contributed by atoms with Crippen molar-refractivity contribution >= 4 is 29.1 Å². The molecule has 0 saturated heterocycles. The molecule has 1 aliphatic heterocycles. The van der Waals surface area contributed by atoms with Gasteiger partial charge in [0.15, 0.2) is 5.75 Å². The first kappa shape index (κ1) is 17.2. The summed E-state index contributed by atoms with van der Waals surface area (Å²) in [6.45, 7) is 1.68. The van der Waals surface area contributed by atoms with Crippen LogP contribution in [0.15, 0.2) is 53.1 Å². The van der Waals surface area contributed by atoms with Crippen molar-refractivity contribution in [2.24, 2.45) is 5.10 Å². The Labute approximate surface area is 148 Å². The average molecular weight is 353 g/mol. The van der Waals surface area contributed by atoms with E-state index in [0.717, 1.165) is 0 Å². The van der Waals surface area contributed by atoms with Gasteiger partial charge in [-0.2, -0.15) is 10.1 Å². The van der Waals surface area contributed by atoms with Crippen molar-refractivity contribution in [1.82, 2.24) is 0 Å². The molecule has 3 rings (SSSR count). The van der Waals surface area contributed by atoms with E-state index < -0.39 is 16.4 Å². The summed E-state index contributed by atoms with van der Waals surface area (Å²) in [5.41, 5.74) is 1.24. The lowest BCUT2D eigenvalue weighted by Crippen LogP contribution is -2.21. The quantitative estimate of drug-likeness (QED) is 0.516. The molecule has 1 heterocycles. The Hall–Kier alpha value is -3.68. The van der Waals surface area contributed by atoms with Gasteiger partial charge in [-0.3, -0.25) is 14.9 Å². The van der Waals surface area contributed by atoms with Crippen molar-refractivity contribution in [3.63, 3.8) is 0 Å². The zero-order valence-corrected chi connectivity index (χ0v) is 14.0. The summed E-state index contributed by atoms with van der Waals surface area (Å²) >= 11 is 0. The number of carbonyl (C=O) groups is 1. The number of methoxy groups -OCH3 is 1. The van der Waals surface area contributed by atoms with Crippen LogP contribution < -0.4 is 9.75 Å². The maximum Gasteiger partial charge on any atom is 0.315 e. The molecule has 26 heavy (non-hydrogen) atoms. The van der Waals surface area contributed by atoms with Crippen LogP contribution in [0.5, 0.6) is 11.5 Å². The summed E-state index contributed by atoms with van der Waals surface area (Å²) in [7, 11) is 1.29. The van der Waals surface area contributed by atoms with Gasteiger partial charge in [0.25, 0.3) is 5.91 Å². The first-order chi connectivity index (χ1) is 12.4. The Kier molecular flexibility index (Phi) is 4.40. The number of benzene rings is 2. The molecule has 0 saturated carbocycles. The third kappa shape index (κ3) is 3.00. The molecule has 0 spiro atoms. The third-order valence-electron chi connectivity index (χ3n) is 3.87. The molecule has 0 fully saturated rings. The van der Waals surface area contributed by atoms with Gasteiger partial charge in [-0.15, -0.1) is 0 Å². The normalized spacial score (nSPS) is 15.3. The molecular weight excluding hydrogens is 338 g/mol. The Morgan fingerprint density at radius 2 is 1.96 bits per heavy atom. The van der Waals surface area contributed by atoms with Crippen LogP contribution in [0.3, 0.4) is 0 Å². The monoisotopic (exact) mass is 353 g/mol. The molecule has 1 amide bonds. The van der Waals surface area contributed by atoms with Gasteiger partial charge in [-0.1, -0.05) is 18.2 Å². The number of rotatable bonds is 4. The highest BCUT2D eigenvalue weighted by atomic mass is 16.6. The van der Waals surface area contributed by atoms with Crippen molar-refractivity contribution < 1.29 is 19.6 Å². The van der Waals surface area contributed by atoms with E-state index in [2.05, 4.69) is 5.10 Å². The van der Waals surface area contributed by atoms with Crippen LogP contribution in [0.4, 0.5) is 11.4 Å². The number of hydrogen-bond donors (Lipinski definition) is 1. The fourth-order valence-corrected chi connectivity index (χ4v) is 2.59. The molecule has 132 valence electrons. The zero-order valence-electron chi connectivity index (χ0n) is 14.0. The van der Waals surface area contributed by atoms with Crippen molar-refractivity contribution in [2.45, 2.75) is 6.92 Å². The lowest BCUT2D eigenvalue weighted by Gasteiger charge is -2.11. The van der Waals surface area contributed by atoms with Gasteiger partial charge in [0.2, 0.25) is 5.75 Å². The van der Waals surface area contributed by atoms with E-state index in [4.69, 9.17) is 4.74 Å². The van der Waals surface area contributed by atoms with E-state index in [1.165, 1.54) is 30.3 Å². The van der Waals surface area contributed by atoms with Gasteiger partial charge >= 0.3 is 5.69 Å². The predicted molar refractivity (Wildman–Crippen MR) is 96.3 cm³/mol. The topological polar surface area (TPSA) is 105 Å². The van der Waals surface area contributed by atoms with Crippen molar-refractivity contribution in [3.05, 3.63) is 63.7 Å². The standard InChI is InChI=1S/C18H15N3O5/c1-11-14(18(23)20(19-11)13-6-4-3-5-7-13)8-12-9-15(21(24)25)17(22)16(10-12)26-2/h3-10,22H,1-2H3/b14-8+. The fourth-order valence-electron chi connectivity index (χ4n) is 2.59. The number of ether oxygens (including phenoxy) is 1. The highest BCUT2D eigenvalue weighted by Gasteiger charge is 2.29. The van der Waals surface area contributed by atoms with E-state index in [9.17, 15) is 20.0 Å². The van der Waals surface area contributed by atoms with Crippen LogP contribution in [-0.4, -0.2) is 28.8 Å². The van der Waals surface area contributed by atoms with E-state index >= 15 is 0 Å². The van der Waals surface area contributed by atoms with E-state index in [1.54, 1.807) is 31.2 Å². The van der Waals surface area contributed by atoms with Gasteiger partial charge in [0.1, 0.15) is 0 Å². The number of amides is 1. The first-order valence-electron chi connectivity index (χ1n) is 7.64. The van der Waals surface area contributed by atoms with Crippen molar-refractivity contribution in [1.29, 1.82) is 0 Å². The highest BCUT2D eigenvalue weighted by Crippen LogP contribution is 2.38. The minimum absolute atomic E-state index is 0.0500. The van der Waals surface area contributed by atoms with Gasteiger partial charge in [0, 0.05) is 6.07 Å². The summed E-state index contributed by atoms with van der Waals surface area (Å²) in [6, 6.07) is 11.5. The molecule has 0 unspecified atom stereocenters. The zero-order chi connectivity index (χ0) is 18.8. The summed E-state index contributed by atoms with van der Waals surface area (Å²) < 4.78 is 4.98. The summed E-state index contributed by atoms with van der Waals surface area (Å²) in [6.07, 6.45) is 1.49. The average Bonchev–Trinajstić information content (AvgIpc) is 2.91. The number of nitro benzene ring substituents is 1. The predicted octanol–water partition coefficient (Wildman–Crippen LogP) is 3.12. The first-order valence-corrected chi connectivity index (χ1v) is 7.64. The summed E-state index contributed by atoms with van der Waals surface area (Å²) in [4.78, 5) is 23.1. The smallest absolute Gasteiger partial charge is 0.315 e. The minimum atomic E-state index is -0.715. The van der Waals surface area contributed by atoms with Crippen LogP contribution in [0.1, 0.15) is 12.5 Å². The Morgan fingerprint density at radius 1 is 1.27 bits per heavy atom. The lowest BCUT2D eigenvalue weighted by atomic mass is 10.1. The Morgan fingerprint density at radius 3 is 2.58 bits per heavy atom. The second kappa shape index (κ2) is 6.67. The van der Waals surface area contributed by atoms with Crippen LogP contribution in [0.2, 0.25) is 0 Å². The molecule has 1 N–H and O–H groups in total. The van der Waals surface area contributed by atoms with Gasteiger partial charge < -0.3 is 9.84 Å². The number of anilines is 1. The molecule has 0 aliphatic carbocycles. The third-order valence-corrected chi connectivity index (χ3v) is 3.87. The van der Waals surface area contributed by atoms with E-state index in [1.807, 2.05) is 6.07 Å². The Balaban J connectivity index is 2.03. The van der Waals surface area contributed by atoms with Crippen LogP contribution in [0.25, 0.3) is 6.08 Å². The molecule has 0 aromatic heterocycles. The van der Waals surface area contributed by atoms with Gasteiger partial charge in [-0.05, 0) is 36.8 Å². The molecule has 0 atom stereocenters. The number of phenols is 1. The highest BCUT2D eigenvalue weighted by molar-refractivity contribution is 6.32. The second-order valence-electron chi connectivity index (χ2n) is 5.54. The maximum absolute atomic E-state index is 12.7. The molecule has 8 nitrogen and oxygen atoms in total. The van der Waals surface area contributed by atoms with Crippen LogP contribution >= 0.6 is 0 Å². The van der Waals surface area contributed by atoms with E-state index in [0.29, 0.717) is 22.5 Å². The Bertz CT molecular complexity index is 951. The number of para-hydroxylation sites is 1. The number of nitrogens with zero attached hydrogens (tertiary/aromatic N) is 3. The van der Waals surface area contributed by atoms with Gasteiger partial charge in [-0.25, -0.2) is 0 Å². The van der Waals surface area contributed by atoms with E-state index in [-0.39, 0.29) is 11.7 Å². The fraction of sp³-hybridized carbons (Fsp3) is 0.111. The van der Waals surface area contributed by atoms with Crippen LogP contribution in [0, 0.1) is 10.1 Å². The summed E-state index contributed by atoms with van der Waals surface area (Å²) in [5.74, 6) is -0.955. The SMILES string of the molecule is COc1cc(/C=C2/C(=O)N(c3ccccc3)N=C2C)cc([N+](=O)[O-])c1O. The molecule has 2 aromatic rings. The number of hydrogen-bond acceptors (Lipinski definition) is 6. The number of hydrazone groups is 1. The molecule has 1 aliphatic rings. The largest absolute Gasteiger partial charge is 0.500 e. The van der Waals surface area contributed by atoms with Gasteiger partial charge in [0.05, 0.1) is 29.0 Å².